The van der Waals surface area contributed by atoms with Crippen LogP contribution < -0.4 is 0 Å². The van der Waals surface area contributed by atoms with Crippen LogP contribution in [-0.4, -0.2) is 10.2 Å². The zero-order chi connectivity index (χ0) is 14.8. The Labute approximate surface area is 140 Å². The smallest absolute Gasteiger partial charge is 0.141 e. The van der Waals surface area contributed by atoms with Gasteiger partial charge >= 0.3 is 0 Å². The number of alkyl halides is 1. The zero-order valence-electron chi connectivity index (χ0n) is 11.3. The van der Waals surface area contributed by atoms with Crippen molar-refractivity contribution >= 4 is 38.9 Å². The van der Waals surface area contributed by atoms with E-state index in [9.17, 15) is 0 Å². The molecule has 0 fully saturated rings. The number of aryl methyl sites for hydroxylation is 1. The number of benzene rings is 2. The molecule has 0 aliphatic heterocycles. The Balaban J connectivity index is 1.91. The Morgan fingerprint density at radius 3 is 2.57 bits per heavy atom. The molecule has 3 aromatic rings. The normalized spacial score (nSPS) is 12.3. The van der Waals surface area contributed by atoms with E-state index in [0.717, 1.165) is 25.6 Å². The third-order valence-corrected chi connectivity index (χ3v) is 5.67. The first-order valence-electron chi connectivity index (χ1n) is 6.44. The van der Waals surface area contributed by atoms with Crippen molar-refractivity contribution < 1.29 is 0 Å². The second kappa shape index (κ2) is 6.26. The van der Waals surface area contributed by atoms with Crippen LogP contribution in [0.3, 0.4) is 0 Å². The van der Waals surface area contributed by atoms with Gasteiger partial charge in [0, 0.05) is 10.0 Å². The topological polar surface area (TPSA) is 25.8 Å². The summed E-state index contributed by atoms with van der Waals surface area (Å²) in [6.45, 7) is 2.06. The maximum absolute atomic E-state index is 6.49. The van der Waals surface area contributed by atoms with Gasteiger partial charge in [0.25, 0.3) is 0 Å². The minimum Gasteiger partial charge on any atom is -0.141 e. The maximum atomic E-state index is 6.49. The minimum absolute atomic E-state index is 0.256. The van der Waals surface area contributed by atoms with Gasteiger partial charge < -0.3 is 0 Å². The molecular weight excluding hydrogens is 368 g/mol. The fourth-order valence-electron chi connectivity index (χ4n) is 2.00. The van der Waals surface area contributed by atoms with Crippen LogP contribution in [0.2, 0.25) is 0 Å². The highest BCUT2D eigenvalue weighted by Gasteiger charge is 2.16. The molecule has 0 N–H and O–H groups in total. The molecular formula is C16H12BrClN2S. The van der Waals surface area contributed by atoms with Crippen molar-refractivity contribution in [3.05, 3.63) is 69.1 Å². The Kier molecular flexibility index (Phi) is 4.38. The molecule has 3 rings (SSSR count). The number of aromatic nitrogens is 2. The summed E-state index contributed by atoms with van der Waals surface area (Å²) in [7, 11) is 0. The summed E-state index contributed by atoms with van der Waals surface area (Å²) in [6, 6.07) is 16.1. The molecule has 0 aliphatic carbocycles. The molecule has 106 valence electrons. The molecule has 0 radical (unpaired) electrons. The number of rotatable bonds is 3. The van der Waals surface area contributed by atoms with Gasteiger partial charge in [-0.3, -0.25) is 0 Å². The molecule has 0 spiro atoms. The molecule has 1 heterocycles. The van der Waals surface area contributed by atoms with E-state index in [1.165, 1.54) is 16.9 Å². The molecule has 0 amide bonds. The lowest BCUT2D eigenvalue weighted by molar-refractivity contribution is 0.988. The summed E-state index contributed by atoms with van der Waals surface area (Å²) in [5, 5.41) is 9.97. The molecule has 5 heteroatoms. The van der Waals surface area contributed by atoms with E-state index in [0.29, 0.717) is 0 Å². The van der Waals surface area contributed by atoms with E-state index < -0.39 is 0 Å². The first kappa shape index (κ1) is 14.7. The van der Waals surface area contributed by atoms with Crippen molar-refractivity contribution in [2.45, 2.75) is 12.3 Å². The number of hydrogen-bond donors (Lipinski definition) is 0. The van der Waals surface area contributed by atoms with Gasteiger partial charge in [-0.25, -0.2) is 0 Å². The maximum Gasteiger partial charge on any atom is 0.147 e. The highest BCUT2D eigenvalue weighted by Crippen LogP contribution is 2.34. The van der Waals surface area contributed by atoms with Crippen molar-refractivity contribution in [2.75, 3.05) is 0 Å². The van der Waals surface area contributed by atoms with Gasteiger partial charge in [0.1, 0.15) is 15.4 Å². The Hall–Kier alpha value is -1.23. The third-order valence-electron chi connectivity index (χ3n) is 3.15. The van der Waals surface area contributed by atoms with Crippen LogP contribution in [0.1, 0.15) is 21.5 Å². The first-order valence-corrected chi connectivity index (χ1v) is 8.48. The molecule has 2 aromatic carbocycles. The molecule has 0 aliphatic rings. The van der Waals surface area contributed by atoms with Crippen molar-refractivity contribution in [1.29, 1.82) is 0 Å². The Bertz CT molecular complexity index is 758. The van der Waals surface area contributed by atoms with E-state index in [1.54, 1.807) is 0 Å². The predicted octanol–water partition coefficient (Wildman–Crippen LogP) is 5.60. The second-order valence-electron chi connectivity index (χ2n) is 4.68. The lowest BCUT2D eigenvalue weighted by atomic mass is 10.1. The lowest BCUT2D eigenvalue weighted by Crippen LogP contribution is -1.91. The van der Waals surface area contributed by atoms with Crippen molar-refractivity contribution in [3.63, 3.8) is 0 Å². The average molecular weight is 380 g/mol. The van der Waals surface area contributed by atoms with Crippen LogP contribution in [0.25, 0.3) is 10.6 Å². The van der Waals surface area contributed by atoms with Crippen LogP contribution in [0, 0.1) is 6.92 Å². The average Bonchev–Trinajstić information content (AvgIpc) is 3.00. The van der Waals surface area contributed by atoms with Gasteiger partial charge in [-0.2, -0.15) is 0 Å². The fourth-order valence-corrected chi connectivity index (χ4v) is 3.41. The highest BCUT2D eigenvalue weighted by atomic mass is 79.9. The number of halogens is 2. The van der Waals surface area contributed by atoms with E-state index in [4.69, 9.17) is 11.6 Å². The molecule has 1 aromatic heterocycles. The fraction of sp³-hybridized carbons (Fsp3) is 0.125. The quantitative estimate of drug-likeness (QED) is 0.553. The van der Waals surface area contributed by atoms with Gasteiger partial charge in [0.15, 0.2) is 0 Å². The summed E-state index contributed by atoms with van der Waals surface area (Å²) in [4.78, 5) is 0. The van der Waals surface area contributed by atoms with E-state index in [1.807, 2.05) is 42.5 Å². The second-order valence-corrected chi connectivity index (χ2v) is 6.98. The van der Waals surface area contributed by atoms with Gasteiger partial charge in [0.2, 0.25) is 0 Å². The van der Waals surface area contributed by atoms with Crippen molar-refractivity contribution in [1.82, 2.24) is 10.2 Å². The SMILES string of the molecule is Cc1cc(-c2nnc(C(Cl)c3ccccc3)s2)ccc1Br. The van der Waals surface area contributed by atoms with E-state index >= 15 is 0 Å². The molecule has 0 saturated heterocycles. The summed E-state index contributed by atoms with van der Waals surface area (Å²) < 4.78 is 1.09. The monoisotopic (exact) mass is 378 g/mol. The number of hydrogen-bond acceptors (Lipinski definition) is 3. The molecule has 0 saturated carbocycles. The lowest BCUT2D eigenvalue weighted by Gasteiger charge is -2.04. The summed E-state index contributed by atoms with van der Waals surface area (Å²) in [5.74, 6) is 0. The van der Waals surface area contributed by atoms with Crippen LogP contribution in [0.4, 0.5) is 0 Å². The highest BCUT2D eigenvalue weighted by molar-refractivity contribution is 9.10. The minimum atomic E-state index is -0.256. The molecule has 0 bridgehead atoms. The van der Waals surface area contributed by atoms with Gasteiger partial charge in [-0.15, -0.1) is 21.8 Å². The van der Waals surface area contributed by atoms with Crippen molar-refractivity contribution in [2.24, 2.45) is 0 Å². The third kappa shape index (κ3) is 3.18. The van der Waals surface area contributed by atoms with Crippen LogP contribution in [-0.2, 0) is 0 Å². The molecule has 2 nitrogen and oxygen atoms in total. The molecule has 21 heavy (non-hydrogen) atoms. The summed E-state index contributed by atoms with van der Waals surface area (Å²) >= 11 is 11.5. The zero-order valence-corrected chi connectivity index (χ0v) is 14.4. The summed E-state index contributed by atoms with van der Waals surface area (Å²) in [5.41, 5.74) is 3.28. The van der Waals surface area contributed by atoms with E-state index in [2.05, 4.69) is 39.1 Å². The first-order chi connectivity index (χ1) is 10.1. The van der Waals surface area contributed by atoms with Gasteiger partial charge in [-0.1, -0.05) is 63.7 Å². The standard InChI is InChI=1S/C16H12BrClN2S/c1-10-9-12(7-8-13(10)17)15-19-20-16(21-15)14(18)11-5-3-2-4-6-11/h2-9,14H,1H3. The van der Waals surface area contributed by atoms with Crippen molar-refractivity contribution in [3.8, 4) is 10.6 Å². The van der Waals surface area contributed by atoms with E-state index in [-0.39, 0.29) is 5.38 Å². The molecule has 1 unspecified atom stereocenters. The van der Waals surface area contributed by atoms with Crippen LogP contribution in [0.15, 0.2) is 53.0 Å². The Morgan fingerprint density at radius 1 is 1.10 bits per heavy atom. The number of nitrogens with zero attached hydrogens (tertiary/aromatic N) is 2. The predicted molar refractivity (Wildman–Crippen MR) is 91.9 cm³/mol. The van der Waals surface area contributed by atoms with Crippen LogP contribution >= 0.6 is 38.9 Å². The van der Waals surface area contributed by atoms with Crippen LogP contribution in [0.5, 0.6) is 0 Å². The van der Waals surface area contributed by atoms with Gasteiger partial charge in [0.05, 0.1) is 0 Å². The largest absolute Gasteiger partial charge is 0.147 e. The summed E-state index contributed by atoms with van der Waals surface area (Å²) in [6.07, 6.45) is 0. The van der Waals surface area contributed by atoms with Gasteiger partial charge in [-0.05, 0) is 30.2 Å². The Morgan fingerprint density at radius 2 is 1.86 bits per heavy atom. The molecule has 1 atom stereocenters.